The normalized spacial score (nSPS) is 10.5. The molecule has 0 aliphatic carbocycles. The monoisotopic (exact) mass is 267 g/mol. The molecule has 8 heteroatoms. The molecule has 96 valence electrons. The predicted molar refractivity (Wildman–Crippen MR) is 66.7 cm³/mol. The zero-order chi connectivity index (χ0) is 13.0. The first-order chi connectivity index (χ1) is 8.65. The Hall–Kier alpha value is -1.96. The first-order valence-electron chi connectivity index (χ1n) is 5.38. The highest BCUT2D eigenvalue weighted by molar-refractivity contribution is 7.13. The molecule has 0 unspecified atom stereocenters. The van der Waals surface area contributed by atoms with Gasteiger partial charge in [-0.25, -0.2) is 4.98 Å². The van der Waals surface area contributed by atoms with Crippen LogP contribution in [0.5, 0.6) is 0 Å². The standard InChI is InChI=1S/C10H13N5O2S/c1-15-6-12-14-8(15)2-3-11-10-13-7(5-18-10)4-9(16)17/h5-6H,2-4H2,1H3,(H,11,13)(H,16,17). The lowest BCUT2D eigenvalue weighted by Gasteiger charge is -2.01. The van der Waals surface area contributed by atoms with E-state index >= 15 is 0 Å². The molecule has 0 fully saturated rings. The van der Waals surface area contributed by atoms with Gasteiger partial charge in [-0.1, -0.05) is 0 Å². The molecule has 2 aromatic rings. The minimum Gasteiger partial charge on any atom is -0.481 e. The Kier molecular flexibility index (Phi) is 3.88. The number of aryl methyl sites for hydroxylation is 1. The lowest BCUT2D eigenvalue weighted by Crippen LogP contribution is -2.08. The second-order valence-corrected chi connectivity index (χ2v) is 4.61. The van der Waals surface area contributed by atoms with Gasteiger partial charge in [0.1, 0.15) is 12.2 Å². The van der Waals surface area contributed by atoms with Crippen LogP contribution in [0.2, 0.25) is 0 Å². The molecule has 0 bridgehead atoms. The molecule has 18 heavy (non-hydrogen) atoms. The quantitative estimate of drug-likeness (QED) is 0.794. The largest absolute Gasteiger partial charge is 0.481 e. The smallest absolute Gasteiger partial charge is 0.309 e. The van der Waals surface area contributed by atoms with Crippen LogP contribution in [0.3, 0.4) is 0 Å². The van der Waals surface area contributed by atoms with Gasteiger partial charge in [-0.2, -0.15) is 0 Å². The van der Waals surface area contributed by atoms with Crippen molar-refractivity contribution in [2.45, 2.75) is 12.8 Å². The van der Waals surface area contributed by atoms with E-state index in [1.165, 1.54) is 11.3 Å². The summed E-state index contributed by atoms with van der Waals surface area (Å²) in [5.41, 5.74) is 0.577. The molecule has 7 nitrogen and oxygen atoms in total. The van der Waals surface area contributed by atoms with Gasteiger partial charge in [-0.15, -0.1) is 21.5 Å². The molecule has 0 aliphatic heterocycles. The van der Waals surface area contributed by atoms with Crippen LogP contribution in [0, 0.1) is 0 Å². The number of aliphatic carboxylic acids is 1. The van der Waals surface area contributed by atoms with Gasteiger partial charge in [-0.05, 0) is 0 Å². The molecule has 0 spiro atoms. The van der Waals surface area contributed by atoms with E-state index in [9.17, 15) is 4.79 Å². The third-order valence-corrected chi connectivity index (χ3v) is 3.16. The average molecular weight is 267 g/mol. The van der Waals surface area contributed by atoms with Crippen molar-refractivity contribution < 1.29 is 9.90 Å². The summed E-state index contributed by atoms with van der Waals surface area (Å²) < 4.78 is 1.86. The average Bonchev–Trinajstić information content (AvgIpc) is 2.89. The molecule has 0 aliphatic rings. The van der Waals surface area contributed by atoms with Crippen LogP contribution in [0.4, 0.5) is 5.13 Å². The van der Waals surface area contributed by atoms with Crippen LogP contribution in [-0.2, 0) is 24.7 Å². The van der Waals surface area contributed by atoms with Gasteiger partial charge in [0, 0.05) is 25.4 Å². The number of carboxylic acids is 1. The summed E-state index contributed by atoms with van der Waals surface area (Å²) in [6.45, 7) is 0.687. The predicted octanol–water partition coefficient (Wildman–Crippen LogP) is 0.553. The highest BCUT2D eigenvalue weighted by Crippen LogP contribution is 2.15. The number of rotatable bonds is 6. The number of carbonyl (C=O) groups is 1. The SMILES string of the molecule is Cn1cnnc1CCNc1nc(CC(=O)O)cs1. The summed E-state index contributed by atoms with van der Waals surface area (Å²) in [4.78, 5) is 14.7. The number of nitrogens with one attached hydrogen (secondary N) is 1. The fraction of sp³-hybridized carbons (Fsp3) is 0.400. The molecule has 0 amide bonds. The summed E-state index contributed by atoms with van der Waals surface area (Å²) >= 11 is 1.40. The Morgan fingerprint density at radius 1 is 1.61 bits per heavy atom. The third-order valence-electron chi connectivity index (χ3n) is 2.31. The second-order valence-electron chi connectivity index (χ2n) is 3.75. The first kappa shape index (κ1) is 12.5. The van der Waals surface area contributed by atoms with E-state index in [2.05, 4.69) is 20.5 Å². The minimum absolute atomic E-state index is 0.0402. The first-order valence-corrected chi connectivity index (χ1v) is 6.26. The van der Waals surface area contributed by atoms with Crippen molar-refractivity contribution in [3.8, 4) is 0 Å². The maximum absolute atomic E-state index is 10.5. The number of carboxylic acid groups (broad SMARTS) is 1. The van der Waals surface area contributed by atoms with Crippen molar-refractivity contribution in [3.05, 3.63) is 23.2 Å². The van der Waals surface area contributed by atoms with Crippen molar-refractivity contribution >= 4 is 22.4 Å². The molecule has 0 radical (unpaired) electrons. The van der Waals surface area contributed by atoms with E-state index in [1.807, 2.05) is 11.6 Å². The molecule has 2 aromatic heterocycles. The highest BCUT2D eigenvalue weighted by Gasteiger charge is 2.06. The Morgan fingerprint density at radius 2 is 2.44 bits per heavy atom. The number of aromatic nitrogens is 4. The topological polar surface area (TPSA) is 92.9 Å². The second kappa shape index (κ2) is 5.58. The zero-order valence-electron chi connectivity index (χ0n) is 9.83. The van der Waals surface area contributed by atoms with Crippen LogP contribution in [0.15, 0.2) is 11.7 Å². The number of nitrogens with zero attached hydrogens (tertiary/aromatic N) is 4. The third kappa shape index (κ3) is 3.27. The van der Waals surface area contributed by atoms with E-state index < -0.39 is 5.97 Å². The molecular weight excluding hydrogens is 254 g/mol. The van der Waals surface area contributed by atoms with Crippen LogP contribution in [0.1, 0.15) is 11.5 Å². The minimum atomic E-state index is -0.870. The van der Waals surface area contributed by atoms with E-state index in [0.717, 1.165) is 17.4 Å². The van der Waals surface area contributed by atoms with Crippen molar-refractivity contribution in [3.63, 3.8) is 0 Å². The summed E-state index contributed by atoms with van der Waals surface area (Å²) in [6, 6.07) is 0. The lowest BCUT2D eigenvalue weighted by atomic mass is 10.3. The molecule has 0 saturated carbocycles. The van der Waals surface area contributed by atoms with Crippen LogP contribution in [0.25, 0.3) is 0 Å². The molecule has 0 saturated heterocycles. The van der Waals surface area contributed by atoms with E-state index in [0.29, 0.717) is 12.2 Å². The maximum Gasteiger partial charge on any atom is 0.309 e. The molecule has 2 heterocycles. The Morgan fingerprint density at radius 3 is 3.11 bits per heavy atom. The summed E-state index contributed by atoms with van der Waals surface area (Å²) in [6.07, 6.45) is 2.36. The van der Waals surface area contributed by atoms with Gasteiger partial charge in [-0.3, -0.25) is 4.79 Å². The van der Waals surface area contributed by atoms with Gasteiger partial charge in [0.2, 0.25) is 0 Å². The number of hydrogen-bond acceptors (Lipinski definition) is 6. The number of thiazole rings is 1. The number of anilines is 1. The van der Waals surface area contributed by atoms with Crippen LogP contribution >= 0.6 is 11.3 Å². The van der Waals surface area contributed by atoms with Gasteiger partial charge >= 0.3 is 5.97 Å². The van der Waals surface area contributed by atoms with E-state index in [-0.39, 0.29) is 6.42 Å². The van der Waals surface area contributed by atoms with Gasteiger partial charge in [0.25, 0.3) is 0 Å². The molecule has 2 N–H and O–H groups in total. The summed E-state index contributed by atoms with van der Waals surface area (Å²) in [7, 11) is 1.89. The van der Waals surface area contributed by atoms with Crippen molar-refractivity contribution in [2.75, 3.05) is 11.9 Å². The zero-order valence-corrected chi connectivity index (χ0v) is 10.6. The molecule has 0 atom stereocenters. The Labute approximate surface area is 108 Å². The van der Waals surface area contributed by atoms with Crippen molar-refractivity contribution in [2.24, 2.45) is 7.05 Å². The highest BCUT2D eigenvalue weighted by atomic mass is 32.1. The van der Waals surface area contributed by atoms with Crippen LogP contribution in [-0.4, -0.2) is 37.4 Å². The summed E-state index contributed by atoms with van der Waals surface area (Å²) in [5, 5.41) is 22.0. The lowest BCUT2D eigenvalue weighted by molar-refractivity contribution is -0.136. The van der Waals surface area contributed by atoms with Crippen LogP contribution < -0.4 is 5.32 Å². The molecule has 0 aromatic carbocycles. The Bertz CT molecular complexity index is 536. The van der Waals surface area contributed by atoms with E-state index in [4.69, 9.17) is 5.11 Å². The fourth-order valence-electron chi connectivity index (χ4n) is 1.44. The number of hydrogen-bond donors (Lipinski definition) is 2. The molecular formula is C10H13N5O2S. The van der Waals surface area contributed by atoms with Gasteiger partial charge in [0.15, 0.2) is 5.13 Å². The Balaban J connectivity index is 1.82. The fourth-order valence-corrected chi connectivity index (χ4v) is 2.18. The van der Waals surface area contributed by atoms with Crippen molar-refractivity contribution in [1.29, 1.82) is 0 Å². The van der Waals surface area contributed by atoms with Gasteiger partial charge in [0.05, 0.1) is 12.1 Å². The van der Waals surface area contributed by atoms with E-state index in [1.54, 1.807) is 11.7 Å². The summed E-state index contributed by atoms with van der Waals surface area (Å²) in [5.74, 6) is 0.0238. The molecule has 2 rings (SSSR count). The van der Waals surface area contributed by atoms with Gasteiger partial charge < -0.3 is 15.0 Å². The van der Waals surface area contributed by atoms with Crippen molar-refractivity contribution in [1.82, 2.24) is 19.7 Å². The maximum atomic E-state index is 10.5.